The molecule has 2 aromatic heterocycles. The quantitative estimate of drug-likeness (QED) is 0.111. The lowest BCUT2D eigenvalue weighted by molar-refractivity contribution is -0.142. The minimum atomic E-state index is -0.686. The van der Waals surface area contributed by atoms with E-state index in [1.54, 1.807) is 11.1 Å². The van der Waals surface area contributed by atoms with Crippen LogP contribution in [0.3, 0.4) is 0 Å². The van der Waals surface area contributed by atoms with Crippen LogP contribution in [0, 0.1) is 11.8 Å². The van der Waals surface area contributed by atoms with Crippen molar-refractivity contribution in [3.63, 3.8) is 0 Å². The maximum atomic E-state index is 13.5. The van der Waals surface area contributed by atoms with Crippen LogP contribution in [-0.2, 0) is 19.1 Å². The van der Waals surface area contributed by atoms with Crippen LogP contribution in [0.25, 0.3) is 44.4 Å². The zero-order chi connectivity index (χ0) is 40.4. The first-order valence-electron chi connectivity index (χ1n) is 19.5. The number of fused-ring (bicyclic) bond motifs is 1. The fourth-order valence-corrected chi connectivity index (χ4v) is 7.75. The Balaban J connectivity index is 1.01. The molecule has 0 spiro atoms. The first kappa shape index (κ1) is 39.1. The Labute approximate surface area is 331 Å². The number of nitrogens with zero attached hydrogens (tertiary/aromatic N) is 4. The minimum absolute atomic E-state index is 0.100. The SMILES string of the molecule is COC(=O)N[C@H](C(=O)N1CCC[C@H]1c1ncc(-c2ccc(-c3ccc4cc(-c5cnc([C@@H]6CCN6C(=O)[C@@H](NC(=O)OC)C(C)C)[nH]5)ccc4c3)cc2)[nH]1)C(C)C. The molecule has 298 valence electrons. The fraction of sp³-hybridized carbons (Fsp3) is 0.395. The van der Waals surface area contributed by atoms with E-state index in [1.165, 1.54) is 14.2 Å². The number of rotatable bonds is 11. The lowest BCUT2D eigenvalue weighted by Gasteiger charge is -2.42. The van der Waals surface area contributed by atoms with Crippen LogP contribution in [0.15, 0.2) is 73.1 Å². The van der Waals surface area contributed by atoms with Gasteiger partial charge in [0.25, 0.3) is 0 Å². The first-order chi connectivity index (χ1) is 27.4. The van der Waals surface area contributed by atoms with E-state index in [0.29, 0.717) is 13.1 Å². The lowest BCUT2D eigenvalue weighted by Crippen LogP contribution is -2.56. The molecule has 0 unspecified atom stereocenters. The van der Waals surface area contributed by atoms with Crippen molar-refractivity contribution in [3.8, 4) is 33.6 Å². The molecule has 4 heterocycles. The molecule has 0 radical (unpaired) electrons. The Bertz CT molecular complexity index is 2260. The van der Waals surface area contributed by atoms with Crippen molar-refractivity contribution >= 4 is 34.8 Å². The standard InChI is InChI=1S/C43H50N8O6/c1-24(2)36(48-42(54)56-5)40(52)50-18-7-8-34(50)38-44-22-32(46-38)27-11-9-26(10-12-27)28-13-14-30-21-31(16-15-29(30)20-28)33-23-45-39(47-33)35-17-19-51(35)41(53)37(25(3)4)49-43(55)57-6/h9-16,20-25,34-37H,7-8,17-19H2,1-6H3,(H,44,46)(H,45,47)(H,48,54)(H,49,55)/t34-,35-,36-,37-/m0/s1. The second-order valence-corrected chi connectivity index (χ2v) is 15.5. The van der Waals surface area contributed by atoms with Gasteiger partial charge in [-0.25, -0.2) is 19.6 Å². The zero-order valence-corrected chi connectivity index (χ0v) is 33.2. The molecular formula is C43H50N8O6. The molecule has 2 fully saturated rings. The Morgan fingerprint density at radius 2 is 1.09 bits per heavy atom. The van der Waals surface area contributed by atoms with Gasteiger partial charge in [-0.05, 0) is 70.7 Å². The number of alkyl carbamates (subject to hydrolysis) is 2. The number of imidazole rings is 2. The summed E-state index contributed by atoms with van der Waals surface area (Å²) in [6, 6.07) is 19.3. The van der Waals surface area contributed by atoms with Gasteiger partial charge in [0.05, 0.1) is 50.1 Å². The molecule has 4 amide bonds. The van der Waals surface area contributed by atoms with Crippen molar-refractivity contribution in [3.05, 3.63) is 84.7 Å². The van der Waals surface area contributed by atoms with Gasteiger partial charge in [0.1, 0.15) is 23.7 Å². The highest BCUT2D eigenvalue weighted by Gasteiger charge is 2.40. The number of likely N-dealkylation sites (tertiary alicyclic amines) is 2. The van der Waals surface area contributed by atoms with Crippen LogP contribution in [-0.4, -0.2) is 93.1 Å². The van der Waals surface area contributed by atoms with Crippen LogP contribution >= 0.6 is 0 Å². The van der Waals surface area contributed by atoms with E-state index in [4.69, 9.17) is 9.47 Å². The fourth-order valence-electron chi connectivity index (χ4n) is 7.75. The molecule has 4 N–H and O–H groups in total. The summed E-state index contributed by atoms with van der Waals surface area (Å²) < 4.78 is 9.49. The third kappa shape index (κ3) is 8.07. The molecule has 3 aromatic carbocycles. The molecule has 14 nitrogen and oxygen atoms in total. The number of nitrogens with one attached hydrogen (secondary N) is 4. The van der Waals surface area contributed by atoms with Gasteiger partial charge in [0.2, 0.25) is 11.8 Å². The average molecular weight is 775 g/mol. The number of methoxy groups -OCH3 is 2. The van der Waals surface area contributed by atoms with Crippen molar-refractivity contribution in [2.24, 2.45) is 11.8 Å². The average Bonchev–Trinajstić information content (AvgIpc) is 3.99. The van der Waals surface area contributed by atoms with E-state index in [1.807, 2.05) is 38.8 Å². The molecule has 0 bridgehead atoms. The molecule has 2 aliphatic rings. The predicted octanol–water partition coefficient (Wildman–Crippen LogP) is 6.99. The normalized spacial score (nSPS) is 17.7. The van der Waals surface area contributed by atoms with Crippen molar-refractivity contribution in [2.75, 3.05) is 27.3 Å². The highest BCUT2D eigenvalue weighted by Crippen LogP contribution is 2.36. The number of amides is 4. The monoisotopic (exact) mass is 774 g/mol. The molecule has 5 aromatic rings. The van der Waals surface area contributed by atoms with Crippen LogP contribution in [0.2, 0.25) is 0 Å². The Kier molecular flexibility index (Phi) is 11.3. The third-order valence-electron chi connectivity index (χ3n) is 11.1. The molecule has 0 aliphatic carbocycles. The minimum Gasteiger partial charge on any atom is -0.453 e. The van der Waals surface area contributed by atoms with E-state index >= 15 is 0 Å². The lowest BCUT2D eigenvalue weighted by atomic mass is 9.96. The molecule has 0 saturated carbocycles. The van der Waals surface area contributed by atoms with Crippen LogP contribution in [0.5, 0.6) is 0 Å². The summed E-state index contributed by atoms with van der Waals surface area (Å²) in [6.07, 6.45) is 4.78. The summed E-state index contributed by atoms with van der Waals surface area (Å²) in [5.74, 6) is 0.955. The van der Waals surface area contributed by atoms with Crippen LogP contribution < -0.4 is 10.6 Å². The molecule has 2 aliphatic heterocycles. The number of H-pyrrole nitrogens is 2. The Morgan fingerprint density at radius 3 is 1.60 bits per heavy atom. The van der Waals surface area contributed by atoms with E-state index in [2.05, 4.69) is 91.2 Å². The first-order valence-corrected chi connectivity index (χ1v) is 19.5. The second-order valence-electron chi connectivity index (χ2n) is 15.5. The number of ether oxygens (including phenoxy) is 2. The van der Waals surface area contributed by atoms with E-state index in [0.717, 1.165) is 75.3 Å². The van der Waals surface area contributed by atoms with Gasteiger partial charge in [0, 0.05) is 18.7 Å². The summed E-state index contributed by atoms with van der Waals surface area (Å²) in [4.78, 5) is 70.5. The zero-order valence-electron chi connectivity index (χ0n) is 33.2. The van der Waals surface area contributed by atoms with Gasteiger partial charge in [0.15, 0.2) is 0 Å². The van der Waals surface area contributed by atoms with Crippen molar-refractivity contribution in [1.29, 1.82) is 0 Å². The summed E-state index contributed by atoms with van der Waals surface area (Å²) >= 11 is 0. The number of carbonyl (C=O) groups is 4. The highest BCUT2D eigenvalue weighted by molar-refractivity contribution is 5.91. The van der Waals surface area contributed by atoms with Crippen molar-refractivity contribution < 1.29 is 28.7 Å². The van der Waals surface area contributed by atoms with E-state index < -0.39 is 24.3 Å². The van der Waals surface area contributed by atoms with Gasteiger partial charge in [-0.3, -0.25) is 9.59 Å². The van der Waals surface area contributed by atoms with Gasteiger partial charge >= 0.3 is 12.2 Å². The summed E-state index contributed by atoms with van der Waals surface area (Å²) in [7, 11) is 2.58. The van der Waals surface area contributed by atoms with Crippen LogP contribution in [0.1, 0.15) is 70.7 Å². The summed E-state index contributed by atoms with van der Waals surface area (Å²) in [6.45, 7) is 8.78. The van der Waals surface area contributed by atoms with Gasteiger partial charge in [-0.15, -0.1) is 0 Å². The number of hydrogen-bond donors (Lipinski definition) is 4. The Morgan fingerprint density at radius 1 is 0.632 bits per heavy atom. The van der Waals surface area contributed by atoms with Crippen molar-refractivity contribution in [2.45, 2.75) is 71.1 Å². The number of aromatic nitrogens is 4. The summed E-state index contributed by atoms with van der Waals surface area (Å²) in [5.41, 5.74) is 5.87. The predicted molar refractivity (Wildman–Crippen MR) is 216 cm³/mol. The van der Waals surface area contributed by atoms with Gasteiger partial charge in [-0.2, -0.15) is 0 Å². The van der Waals surface area contributed by atoms with Gasteiger partial charge in [-0.1, -0.05) is 76.2 Å². The smallest absolute Gasteiger partial charge is 0.407 e. The van der Waals surface area contributed by atoms with E-state index in [-0.39, 0.29) is 35.7 Å². The molecular weight excluding hydrogens is 725 g/mol. The molecule has 57 heavy (non-hydrogen) atoms. The molecule has 4 atom stereocenters. The van der Waals surface area contributed by atoms with E-state index in [9.17, 15) is 19.2 Å². The highest BCUT2D eigenvalue weighted by atomic mass is 16.5. The molecule has 7 rings (SSSR count). The molecule has 2 saturated heterocycles. The largest absolute Gasteiger partial charge is 0.453 e. The summed E-state index contributed by atoms with van der Waals surface area (Å²) in [5, 5.41) is 7.56. The number of hydrogen-bond acceptors (Lipinski definition) is 8. The number of benzene rings is 3. The second kappa shape index (κ2) is 16.5. The van der Waals surface area contributed by atoms with Crippen LogP contribution in [0.4, 0.5) is 9.59 Å². The van der Waals surface area contributed by atoms with Crippen molar-refractivity contribution in [1.82, 2.24) is 40.4 Å². The Hall–Kier alpha value is -6.18. The number of aromatic amines is 2. The topological polar surface area (TPSA) is 175 Å². The third-order valence-corrected chi connectivity index (χ3v) is 11.1. The maximum Gasteiger partial charge on any atom is 0.407 e. The van der Waals surface area contributed by atoms with Gasteiger partial charge < -0.3 is 39.9 Å². The number of carbonyl (C=O) groups excluding carboxylic acids is 4. The molecule has 14 heteroatoms. The maximum absolute atomic E-state index is 13.5.